The maximum Gasteiger partial charge on any atom is 0.252 e. The Kier molecular flexibility index (Phi) is 2.78. The Labute approximate surface area is 69.5 Å². The molecule has 1 unspecified atom stereocenters. The number of nitrogens with zero attached hydrogens (tertiary/aromatic N) is 2. The van der Waals surface area contributed by atoms with E-state index in [0.29, 0.717) is 6.54 Å². The molecule has 5 N–H and O–H groups in total. The van der Waals surface area contributed by atoms with E-state index in [1.807, 2.05) is 5.43 Å². The molecule has 1 amide bonds. The number of carbonyl (C=O) groups is 1. The van der Waals surface area contributed by atoms with Gasteiger partial charge in [0.15, 0.2) is 0 Å². The van der Waals surface area contributed by atoms with Crippen LogP contribution in [0, 0.1) is 0 Å². The van der Waals surface area contributed by atoms with Crippen LogP contribution in [0.3, 0.4) is 0 Å². The van der Waals surface area contributed by atoms with Crippen molar-refractivity contribution in [2.45, 2.75) is 12.6 Å². The van der Waals surface area contributed by atoms with Gasteiger partial charge in [-0.15, -0.1) is 0 Å². The van der Waals surface area contributed by atoms with Crippen LogP contribution >= 0.6 is 0 Å². The van der Waals surface area contributed by atoms with Crippen LogP contribution < -0.4 is 17.0 Å². The van der Waals surface area contributed by atoms with Crippen LogP contribution in [0.15, 0.2) is 18.7 Å². The molecule has 0 bridgehead atoms. The lowest BCUT2D eigenvalue weighted by Gasteiger charge is -2.09. The standard InChI is InChI=1S/C6H11N5O/c7-5(6(12)10-8)3-11-2-1-9-4-11/h1-2,4-5H,3,7-8H2,(H,10,12). The molecule has 0 saturated carbocycles. The molecule has 1 aromatic heterocycles. The first-order valence-corrected chi connectivity index (χ1v) is 3.46. The van der Waals surface area contributed by atoms with E-state index in [4.69, 9.17) is 11.6 Å². The number of aromatic nitrogens is 2. The zero-order valence-electron chi connectivity index (χ0n) is 6.47. The molecule has 1 rings (SSSR count). The molecular weight excluding hydrogens is 158 g/mol. The summed E-state index contributed by atoms with van der Waals surface area (Å²) in [5.41, 5.74) is 7.46. The zero-order valence-corrected chi connectivity index (χ0v) is 6.47. The van der Waals surface area contributed by atoms with Gasteiger partial charge in [-0.2, -0.15) is 0 Å². The van der Waals surface area contributed by atoms with Crippen LogP contribution in [0.5, 0.6) is 0 Å². The normalized spacial score (nSPS) is 12.5. The molecule has 0 aliphatic heterocycles. The lowest BCUT2D eigenvalue weighted by Crippen LogP contribution is -2.46. The van der Waals surface area contributed by atoms with Crippen LogP contribution in [0.2, 0.25) is 0 Å². The number of hydrazine groups is 1. The van der Waals surface area contributed by atoms with Gasteiger partial charge in [-0.05, 0) is 0 Å². The van der Waals surface area contributed by atoms with E-state index in [1.165, 1.54) is 0 Å². The van der Waals surface area contributed by atoms with Gasteiger partial charge in [0.2, 0.25) is 0 Å². The second kappa shape index (κ2) is 3.84. The van der Waals surface area contributed by atoms with E-state index in [1.54, 1.807) is 23.3 Å². The third kappa shape index (κ3) is 2.04. The van der Waals surface area contributed by atoms with Crippen molar-refractivity contribution < 1.29 is 4.79 Å². The summed E-state index contributed by atoms with van der Waals surface area (Å²) >= 11 is 0. The number of hydrogen-bond donors (Lipinski definition) is 3. The molecule has 0 spiro atoms. The lowest BCUT2D eigenvalue weighted by molar-refractivity contribution is -0.122. The van der Waals surface area contributed by atoms with E-state index in [-0.39, 0.29) is 5.91 Å². The van der Waals surface area contributed by atoms with E-state index in [0.717, 1.165) is 0 Å². The predicted octanol–water partition coefficient (Wildman–Crippen LogP) is -1.80. The topological polar surface area (TPSA) is 99.0 Å². The van der Waals surface area contributed by atoms with Gasteiger partial charge in [-0.1, -0.05) is 0 Å². The summed E-state index contributed by atoms with van der Waals surface area (Å²) in [6.45, 7) is 0.378. The Morgan fingerprint density at radius 2 is 2.50 bits per heavy atom. The Bertz CT molecular complexity index is 244. The highest BCUT2D eigenvalue weighted by Gasteiger charge is 2.11. The summed E-state index contributed by atoms with van der Waals surface area (Å²) in [7, 11) is 0. The number of nitrogens with two attached hydrogens (primary N) is 2. The van der Waals surface area contributed by atoms with Gasteiger partial charge in [0, 0.05) is 18.9 Å². The Hall–Kier alpha value is -1.40. The van der Waals surface area contributed by atoms with Gasteiger partial charge in [-0.25, -0.2) is 10.8 Å². The van der Waals surface area contributed by atoms with Crippen LogP contribution in [0.25, 0.3) is 0 Å². The molecule has 6 nitrogen and oxygen atoms in total. The van der Waals surface area contributed by atoms with Crippen molar-refractivity contribution >= 4 is 5.91 Å². The van der Waals surface area contributed by atoms with Gasteiger partial charge in [0.05, 0.1) is 6.33 Å². The van der Waals surface area contributed by atoms with Gasteiger partial charge < -0.3 is 10.3 Å². The number of hydrogen-bond acceptors (Lipinski definition) is 4. The minimum atomic E-state index is -0.635. The Morgan fingerprint density at radius 3 is 3.00 bits per heavy atom. The first-order chi connectivity index (χ1) is 5.74. The van der Waals surface area contributed by atoms with Gasteiger partial charge in [0.1, 0.15) is 6.04 Å². The van der Waals surface area contributed by atoms with Crippen molar-refractivity contribution in [3.8, 4) is 0 Å². The summed E-state index contributed by atoms with van der Waals surface area (Å²) in [5, 5.41) is 0. The molecule has 6 heteroatoms. The molecule has 12 heavy (non-hydrogen) atoms. The first-order valence-electron chi connectivity index (χ1n) is 3.46. The molecule has 0 radical (unpaired) electrons. The van der Waals surface area contributed by atoms with Crippen LogP contribution in [-0.2, 0) is 11.3 Å². The van der Waals surface area contributed by atoms with E-state index in [9.17, 15) is 4.79 Å². The maximum absolute atomic E-state index is 10.8. The molecule has 0 aliphatic carbocycles. The fourth-order valence-corrected chi connectivity index (χ4v) is 0.812. The monoisotopic (exact) mass is 169 g/mol. The van der Waals surface area contributed by atoms with Crippen molar-refractivity contribution in [2.24, 2.45) is 11.6 Å². The summed E-state index contributed by atoms with van der Waals surface area (Å²) in [6, 6.07) is -0.635. The van der Waals surface area contributed by atoms with Crippen molar-refractivity contribution in [1.29, 1.82) is 0 Å². The fraction of sp³-hybridized carbons (Fsp3) is 0.333. The number of rotatable bonds is 3. The third-order valence-corrected chi connectivity index (χ3v) is 1.45. The number of amides is 1. The largest absolute Gasteiger partial charge is 0.335 e. The molecule has 0 aliphatic rings. The van der Waals surface area contributed by atoms with Gasteiger partial charge in [-0.3, -0.25) is 10.2 Å². The molecule has 0 fully saturated rings. The highest BCUT2D eigenvalue weighted by molar-refractivity contribution is 5.80. The van der Waals surface area contributed by atoms with Crippen molar-refractivity contribution in [1.82, 2.24) is 15.0 Å². The SMILES string of the molecule is NNC(=O)C(N)Cn1ccnc1. The average Bonchev–Trinajstić information content (AvgIpc) is 2.55. The molecule has 1 aromatic rings. The zero-order chi connectivity index (χ0) is 8.97. The highest BCUT2D eigenvalue weighted by Crippen LogP contribution is 1.88. The average molecular weight is 169 g/mol. The second-order valence-corrected chi connectivity index (χ2v) is 2.37. The smallest absolute Gasteiger partial charge is 0.252 e. The lowest BCUT2D eigenvalue weighted by atomic mass is 10.3. The van der Waals surface area contributed by atoms with Crippen LogP contribution in [-0.4, -0.2) is 21.5 Å². The minimum absolute atomic E-state index is 0.378. The van der Waals surface area contributed by atoms with Gasteiger partial charge in [0.25, 0.3) is 5.91 Å². The number of imidazole rings is 1. The quantitative estimate of drug-likeness (QED) is 0.282. The van der Waals surface area contributed by atoms with Gasteiger partial charge >= 0.3 is 0 Å². The number of carbonyl (C=O) groups excluding carboxylic acids is 1. The summed E-state index contributed by atoms with van der Waals surface area (Å²) in [4.78, 5) is 14.6. The summed E-state index contributed by atoms with van der Waals surface area (Å²) in [5.74, 6) is 4.51. The summed E-state index contributed by atoms with van der Waals surface area (Å²) in [6.07, 6.45) is 4.93. The molecule has 66 valence electrons. The first kappa shape index (κ1) is 8.69. The highest BCUT2D eigenvalue weighted by atomic mass is 16.2. The van der Waals surface area contributed by atoms with E-state index >= 15 is 0 Å². The Balaban J connectivity index is 2.47. The Morgan fingerprint density at radius 1 is 1.75 bits per heavy atom. The molecule has 1 atom stereocenters. The van der Waals surface area contributed by atoms with E-state index in [2.05, 4.69) is 4.98 Å². The molecule has 0 saturated heterocycles. The molecule has 1 heterocycles. The van der Waals surface area contributed by atoms with Crippen LogP contribution in [0.1, 0.15) is 0 Å². The minimum Gasteiger partial charge on any atom is -0.335 e. The third-order valence-electron chi connectivity index (χ3n) is 1.45. The van der Waals surface area contributed by atoms with Crippen molar-refractivity contribution in [2.75, 3.05) is 0 Å². The van der Waals surface area contributed by atoms with Crippen molar-refractivity contribution in [3.63, 3.8) is 0 Å². The molecular formula is C6H11N5O. The second-order valence-electron chi connectivity index (χ2n) is 2.37. The maximum atomic E-state index is 10.8. The molecule has 0 aromatic carbocycles. The number of nitrogens with one attached hydrogen (secondary N) is 1. The predicted molar refractivity (Wildman–Crippen MR) is 42.5 cm³/mol. The van der Waals surface area contributed by atoms with E-state index < -0.39 is 6.04 Å². The van der Waals surface area contributed by atoms with Crippen molar-refractivity contribution in [3.05, 3.63) is 18.7 Å². The van der Waals surface area contributed by atoms with Crippen LogP contribution in [0.4, 0.5) is 0 Å². The summed E-state index contributed by atoms with van der Waals surface area (Å²) < 4.78 is 1.71. The fourth-order valence-electron chi connectivity index (χ4n) is 0.812.